The molecule has 0 bridgehead atoms. The average Bonchev–Trinajstić information content (AvgIpc) is 2.88. The number of hydrogen-bond donors (Lipinski definition) is 3. The third-order valence-corrected chi connectivity index (χ3v) is 6.76. The van der Waals surface area contributed by atoms with Crippen LogP contribution in [-0.4, -0.2) is 50.5 Å². The molecule has 0 spiro atoms. The van der Waals surface area contributed by atoms with Gasteiger partial charge in [-0.3, -0.25) is 4.79 Å². The van der Waals surface area contributed by atoms with Gasteiger partial charge < -0.3 is 20.1 Å². The minimum absolute atomic E-state index is 0.149. The van der Waals surface area contributed by atoms with E-state index < -0.39 is 53.1 Å². The SMILES string of the molecule is C=C(C)[C@@H]1CC(=O)C[C@H](O)[C@@]2(O)[C@H]1C=C1C(=O)O[C@@H]3C[C@](C)(O)[C@H]2[C@H]13. The Labute approximate surface area is 146 Å². The van der Waals surface area contributed by atoms with E-state index in [4.69, 9.17) is 4.74 Å². The summed E-state index contributed by atoms with van der Waals surface area (Å²) in [5, 5.41) is 33.5. The van der Waals surface area contributed by atoms with Crippen LogP contribution in [0.5, 0.6) is 0 Å². The molecular formula is C19H24O6. The van der Waals surface area contributed by atoms with E-state index in [-0.39, 0.29) is 25.0 Å². The second kappa shape index (κ2) is 5.02. The number of rotatable bonds is 1. The Morgan fingerprint density at radius 2 is 2.00 bits per heavy atom. The highest BCUT2D eigenvalue weighted by atomic mass is 16.6. The van der Waals surface area contributed by atoms with E-state index in [2.05, 4.69) is 6.58 Å². The number of fused-ring (bicyclic) bond motifs is 2. The molecule has 0 aromatic carbocycles. The quantitative estimate of drug-likeness (QED) is 0.471. The van der Waals surface area contributed by atoms with Gasteiger partial charge in [0.1, 0.15) is 17.5 Å². The second-order valence-electron chi connectivity index (χ2n) is 8.46. The lowest BCUT2D eigenvalue weighted by molar-refractivity contribution is -0.195. The maximum atomic E-state index is 12.3. The van der Waals surface area contributed by atoms with E-state index in [0.29, 0.717) is 11.1 Å². The molecule has 3 N–H and O–H groups in total. The summed E-state index contributed by atoms with van der Waals surface area (Å²) >= 11 is 0. The number of allylic oxidation sites excluding steroid dienone is 1. The number of aliphatic hydroxyl groups is 3. The number of carbonyl (C=O) groups excluding carboxylic acids is 2. The number of hydrogen-bond acceptors (Lipinski definition) is 6. The minimum atomic E-state index is -1.71. The fourth-order valence-electron chi connectivity index (χ4n) is 5.78. The van der Waals surface area contributed by atoms with Crippen LogP contribution in [0.25, 0.3) is 0 Å². The van der Waals surface area contributed by atoms with E-state index in [0.717, 1.165) is 0 Å². The molecule has 6 heteroatoms. The molecule has 6 nitrogen and oxygen atoms in total. The van der Waals surface area contributed by atoms with Crippen molar-refractivity contribution in [3.8, 4) is 0 Å². The first kappa shape index (κ1) is 16.9. The van der Waals surface area contributed by atoms with Gasteiger partial charge in [-0.1, -0.05) is 18.2 Å². The lowest BCUT2D eigenvalue weighted by atomic mass is 9.57. The molecule has 136 valence electrons. The highest BCUT2D eigenvalue weighted by molar-refractivity contribution is 5.92. The first-order valence-electron chi connectivity index (χ1n) is 8.80. The summed E-state index contributed by atoms with van der Waals surface area (Å²) in [6.07, 6.45) is 0.0568. The minimum Gasteiger partial charge on any atom is -0.458 e. The Bertz CT molecular complexity index is 707. The number of esters is 1. The van der Waals surface area contributed by atoms with Crippen LogP contribution >= 0.6 is 0 Å². The summed E-state index contributed by atoms with van der Waals surface area (Å²) in [5.41, 5.74) is -1.86. The lowest BCUT2D eigenvalue weighted by Crippen LogP contribution is -2.63. The Morgan fingerprint density at radius 1 is 1.32 bits per heavy atom. The Kier molecular flexibility index (Phi) is 3.40. The predicted octanol–water partition coefficient (Wildman–Crippen LogP) is 0.502. The zero-order valence-electron chi connectivity index (χ0n) is 14.4. The van der Waals surface area contributed by atoms with Crippen LogP contribution in [0.2, 0.25) is 0 Å². The highest BCUT2D eigenvalue weighted by Crippen LogP contribution is 2.61. The Morgan fingerprint density at radius 3 is 2.64 bits per heavy atom. The van der Waals surface area contributed by atoms with Crippen LogP contribution in [0.4, 0.5) is 0 Å². The second-order valence-corrected chi connectivity index (χ2v) is 8.46. The smallest absolute Gasteiger partial charge is 0.334 e. The third kappa shape index (κ3) is 2.08. The molecule has 3 fully saturated rings. The number of aliphatic hydroxyl groups excluding tert-OH is 1. The molecular weight excluding hydrogens is 324 g/mol. The Balaban J connectivity index is 1.95. The van der Waals surface area contributed by atoms with E-state index >= 15 is 0 Å². The molecule has 1 aliphatic heterocycles. The van der Waals surface area contributed by atoms with E-state index in [1.807, 2.05) is 0 Å². The van der Waals surface area contributed by atoms with Crippen molar-refractivity contribution in [2.45, 2.75) is 56.5 Å². The number of ketones is 1. The first-order chi connectivity index (χ1) is 11.6. The number of Topliss-reactive ketones (excluding diaryl/α,β-unsaturated/α-hetero) is 1. The van der Waals surface area contributed by atoms with Gasteiger partial charge in [0, 0.05) is 42.6 Å². The van der Waals surface area contributed by atoms with Gasteiger partial charge in [0.2, 0.25) is 0 Å². The molecule has 0 aromatic heterocycles. The largest absolute Gasteiger partial charge is 0.458 e. The zero-order chi connectivity index (χ0) is 18.3. The van der Waals surface area contributed by atoms with E-state index in [1.165, 1.54) is 0 Å². The lowest BCUT2D eigenvalue weighted by Gasteiger charge is -2.51. The van der Waals surface area contributed by atoms with Crippen LogP contribution < -0.4 is 0 Å². The van der Waals surface area contributed by atoms with Gasteiger partial charge in [0.25, 0.3) is 0 Å². The molecule has 0 amide bonds. The van der Waals surface area contributed by atoms with Gasteiger partial charge in [0.15, 0.2) is 0 Å². The van der Waals surface area contributed by atoms with Crippen LogP contribution in [0.3, 0.4) is 0 Å². The molecule has 8 atom stereocenters. The van der Waals surface area contributed by atoms with Gasteiger partial charge in [-0.25, -0.2) is 4.79 Å². The molecule has 0 radical (unpaired) electrons. The van der Waals surface area contributed by atoms with Gasteiger partial charge >= 0.3 is 5.97 Å². The molecule has 3 aliphatic carbocycles. The van der Waals surface area contributed by atoms with E-state index in [9.17, 15) is 24.9 Å². The highest BCUT2D eigenvalue weighted by Gasteiger charge is 2.70. The summed E-state index contributed by atoms with van der Waals surface area (Å²) in [4.78, 5) is 24.6. The maximum absolute atomic E-state index is 12.3. The molecule has 4 rings (SSSR count). The van der Waals surface area contributed by atoms with Crippen molar-refractivity contribution >= 4 is 11.8 Å². The summed E-state index contributed by atoms with van der Waals surface area (Å²) in [6.45, 7) is 7.34. The van der Waals surface area contributed by atoms with Crippen molar-refractivity contribution in [1.29, 1.82) is 0 Å². The van der Waals surface area contributed by atoms with Crippen LogP contribution in [0.15, 0.2) is 23.8 Å². The van der Waals surface area contributed by atoms with Crippen molar-refractivity contribution in [3.05, 3.63) is 23.8 Å². The maximum Gasteiger partial charge on any atom is 0.334 e. The fourth-order valence-corrected chi connectivity index (χ4v) is 5.78. The van der Waals surface area contributed by atoms with Gasteiger partial charge in [-0.05, 0) is 19.8 Å². The Hall–Kier alpha value is -1.50. The van der Waals surface area contributed by atoms with Crippen molar-refractivity contribution in [3.63, 3.8) is 0 Å². The topological polar surface area (TPSA) is 104 Å². The molecule has 25 heavy (non-hydrogen) atoms. The third-order valence-electron chi connectivity index (χ3n) is 6.76. The summed E-state index contributed by atoms with van der Waals surface area (Å²) < 4.78 is 5.42. The van der Waals surface area contributed by atoms with Crippen molar-refractivity contribution in [1.82, 2.24) is 0 Å². The van der Waals surface area contributed by atoms with Gasteiger partial charge in [-0.2, -0.15) is 0 Å². The van der Waals surface area contributed by atoms with Crippen LogP contribution in [0, 0.1) is 23.7 Å². The number of carbonyl (C=O) groups is 2. The normalized spacial score (nSPS) is 51.3. The summed E-state index contributed by atoms with van der Waals surface area (Å²) in [6, 6.07) is 0. The average molecular weight is 348 g/mol. The predicted molar refractivity (Wildman–Crippen MR) is 87.2 cm³/mol. The van der Waals surface area contributed by atoms with Crippen molar-refractivity contribution < 1.29 is 29.6 Å². The van der Waals surface area contributed by atoms with Crippen LogP contribution in [0.1, 0.15) is 33.1 Å². The standard InChI is InChI=1S/C19H24O6/c1-8(2)10-4-9(20)5-14(21)19(24)12(10)6-11-15-13(25-17(11)22)7-18(3,23)16(15)19/h6,10,12-16,21,23-24H,1,4-5,7H2,2-3H3/t10-,12-,13+,14-,15+,16+,18-,19-/m0/s1. The van der Waals surface area contributed by atoms with Gasteiger partial charge in [-0.15, -0.1) is 0 Å². The first-order valence-corrected chi connectivity index (χ1v) is 8.80. The van der Waals surface area contributed by atoms with Crippen LogP contribution in [-0.2, 0) is 14.3 Å². The monoisotopic (exact) mass is 348 g/mol. The van der Waals surface area contributed by atoms with Gasteiger partial charge in [0.05, 0.1) is 11.7 Å². The number of ether oxygens (including phenoxy) is 1. The molecule has 0 unspecified atom stereocenters. The van der Waals surface area contributed by atoms with Crippen molar-refractivity contribution in [2.75, 3.05) is 0 Å². The van der Waals surface area contributed by atoms with Crippen molar-refractivity contribution in [2.24, 2.45) is 23.7 Å². The molecule has 1 saturated heterocycles. The molecule has 2 saturated carbocycles. The summed E-state index contributed by atoms with van der Waals surface area (Å²) in [7, 11) is 0. The molecule has 1 heterocycles. The van der Waals surface area contributed by atoms with E-state index in [1.54, 1.807) is 19.9 Å². The summed E-state index contributed by atoms with van der Waals surface area (Å²) in [5.74, 6) is -2.88. The molecule has 0 aromatic rings. The fraction of sp³-hybridized carbons (Fsp3) is 0.684. The molecule has 4 aliphatic rings. The zero-order valence-corrected chi connectivity index (χ0v) is 14.4.